The van der Waals surface area contributed by atoms with E-state index in [4.69, 9.17) is 4.74 Å². The highest BCUT2D eigenvalue weighted by atomic mass is 19.1. The van der Waals surface area contributed by atoms with Crippen molar-refractivity contribution in [2.24, 2.45) is 0 Å². The number of anilines is 1. The van der Waals surface area contributed by atoms with E-state index < -0.39 is 12.0 Å². The first kappa shape index (κ1) is 14.2. The number of hydrogen-bond donors (Lipinski definition) is 1. The van der Waals surface area contributed by atoms with Crippen LogP contribution in [0.2, 0.25) is 0 Å². The fourth-order valence-electron chi connectivity index (χ4n) is 1.60. The summed E-state index contributed by atoms with van der Waals surface area (Å²) in [6.45, 7) is 9.29. The fraction of sp³-hybridized carbons (Fsp3) is 0.357. The normalized spacial score (nSPS) is 11.8. The standard InChI is InChI=1S/C14H18FNO2/c1-5-18-14(17)13(9(2)3)16-12-7-10(4)6-11(15)8-12/h6-8,13,16H,2,5H2,1,3-4H3. The van der Waals surface area contributed by atoms with Gasteiger partial charge in [0.1, 0.15) is 11.9 Å². The SMILES string of the molecule is C=C(C)C(Nc1cc(C)cc(F)c1)C(=O)OCC. The van der Waals surface area contributed by atoms with Crippen LogP contribution in [-0.2, 0) is 9.53 Å². The number of esters is 1. The van der Waals surface area contributed by atoms with E-state index in [1.807, 2.05) is 0 Å². The Kier molecular flexibility index (Phi) is 4.89. The van der Waals surface area contributed by atoms with E-state index >= 15 is 0 Å². The molecule has 0 aromatic heterocycles. The van der Waals surface area contributed by atoms with Crippen LogP contribution in [0.1, 0.15) is 19.4 Å². The molecule has 0 radical (unpaired) electrons. The van der Waals surface area contributed by atoms with Gasteiger partial charge < -0.3 is 10.1 Å². The number of rotatable bonds is 5. The van der Waals surface area contributed by atoms with Crippen molar-refractivity contribution in [3.05, 3.63) is 41.7 Å². The van der Waals surface area contributed by atoms with Crippen molar-refractivity contribution < 1.29 is 13.9 Å². The van der Waals surface area contributed by atoms with Gasteiger partial charge in [0.05, 0.1) is 6.61 Å². The maximum Gasteiger partial charge on any atom is 0.332 e. The van der Waals surface area contributed by atoms with Crippen LogP contribution in [0.25, 0.3) is 0 Å². The van der Waals surface area contributed by atoms with E-state index in [2.05, 4.69) is 11.9 Å². The molecule has 0 aliphatic heterocycles. The number of halogens is 1. The lowest BCUT2D eigenvalue weighted by Crippen LogP contribution is -2.32. The van der Waals surface area contributed by atoms with Crippen molar-refractivity contribution in [1.82, 2.24) is 0 Å². The Labute approximate surface area is 107 Å². The summed E-state index contributed by atoms with van der Waals surface area (Å²) in [6.07, 6.45) is 0. The third-order valence-corrected chi connectivity index (χ3v) is 2.37. The first-order chi connectivity index (χ1) is 8.43. The van der Waals surface area contributed by atoms with Gasteiger partial charge in [-0.05, 0) is 50.1 Å². The lowest BCUT2D eigenvalue weighted by Gasteiger charge is -2.18. The number of nitrogens with one attached hydrogen (secondary N) is 1. The molecule has 0 spiro atoms. The van der Waals surface area contributed by atoms with E-state index in [0.717, 1.165) is 5.56 Å². The first-order valence-electron chi connectivity index (χ1n) is 5.79. The molecule has 1 unspecified atom stereocenters. The highest BCUT2D eigenvalue weighted by Gasteiger charge is 2.20. The molecular formula is C14H18FNO2. The second-order valence-corrected chi connectivity index (χ2v) is 4.19. The molecule has 0 saturated heterocycles. The molecule has 0 saturated carbocycles. The lowest BCUT2D eigenvalue weighted by molar-refractivity contribution is -0.143. The molecule has 1 aromatic carbocycles. The molecule has 1 atom stereocenters. The second kappa shape index (κ2) is 6.19. The van der Waals surface area contributed by atoms with Gasteiger partial charge in [-0.3, -0.25) is 0 Å². The Morgan fingerprint density at radius 3 is 2.67 bits per heavy atom. The number of benzene rings is 1. The van der Waals surface area contributed by atoms with Crippen LogP contribution in [-0.4, -0.2) is 18.6 Å². The minimum atomic E-state index is -0.661. The largest absolute Gasteiger partial charge is 0.464 e. The van der Waals surface area contributed by atoms with Crippen LogP contribution in [0.3, 0.4) is 0 Å². The minimum Gasteiger partial charge on any atom is -0.464 e. The van der Waals surface area contributed by atoms with Crippen molar-refractivity contribution in [3.63, 3.8) is 0 Å². The van der Waals surface area contributed by atoms with Gasteiger partial charge in [-0.15, -0.1) is 0 Å². The Bertz CT molecular complexity index is 437. The van der Waals surface area contributed by atoms with E-state index in [-0.39, 0.29) is 5.82 Å². The summed E-state index contributed by atoms with van der Waals surface area (Å²) < 4.78 is 18.2. The molecule has 0 aliphatic rings. The average Bonchev–Trinajstić information content (AvgIpc) is 2.24. The van der Waals surface area contributed by atoms with Gasteiger partial charge in [-0.25, -0.2) is 9.18 Å². The van der Waals surface area contributed by atoms with Crippen LogP contribution in [0.15, 0.2) is 30.4 Å². The molecule has 1 rings (SSSR count). The Balaban J connectivity index is 2.89. The third kappa shape index (κ3) is 3.87. The molecule has 98 valence electrons. The zero-order chi connectivity index (χ0) is 13.7. The van der Waals surface area contributed by atoms with Crippen molar-refractivity contribution >= 4 is 11.7 Å². The summed E-state index contributed by atoms with van der Waals surface area (Å²) in [5, 5.41) is 2.93. The smallest absolute Gasteiger partial charge is 0.332 e. The molecule has 1 aromatic rings. The fourth-order valence-corrected chi connectivity index (χ4v) is 1.60. The molecule has 0 aliphatic carbocycles. The molecule has 3 nitrogen and oxygen atoms in total. The number of ether oxygens (including phenoxy) is 1. The van der Waals surface area contributed by atoms with Gasteiger partial charge in [0.15, 0.2) is 0 Å². The highest BCUT2D eigenvalue weighted by Crippen LogP contribution is 2.16. The van der Waals surface area contributed by atoms with E-state index in [1.165, 1.54) is 12.1 Å². The summed E-state index contributed by atoms with van der Waals surface area (Å²) in [4.78, 5) is 11.7. The molecule has 1 N–H and O–H groups in total. The molecule has 0 amide bonds. The van der Waals surface area contributed by atoms with Gasteiger partial charge in [-0.1, -0.05) is 6.58 Å². The van der Waals surface area contributed by atoms with Crippen LogP contribution in [0.4, 0.5) is 10.1 Å². The van der Waals surface area contributed by atoms with Gasteiger partial charge in [0.25, 0.3) is 0 Å². The summed E-state index contributed by atoms with van der Waals surface area (Å²) in [5.41, 5.74) is 1.94. The monoisotopic (exact) mass is 251 g/mol. The number of hydrogen-bond acceptors (Lipinski definition) is 3. The minimum absolute atomic E-state index is 0.298. The summed E-state index contributed by atoms with van der Waals surface area (Å²) in [7, 11) is 0. The second-order valence-electron chi connectivity index (χ2n) is 4.19. The summed E-state index contributed by atoms with van der Waals surface area (Å²) in [6, 6.07) is 3.86. The highest BCUT2D eigenvalue weighted by molar-refractivity contribution is 5.82. The van der Waals surface area contributed by atoms with E-state index in [0.29, 0.717) is 17.9 Å². The quantitative estimate of drug-likeness (QED) is 0.645. The Hall–Kier alpha value is -1.84. The zero-order valence-electron chi connectivity index (χ0n) is 10.9. The lowest BCUT2D eigenvalue weighted by atomic mass is 10.1. The van der Waals surface area contributed by atoms with Crippen LogP contribution < -0.4 is 5.32 Å². The maximum atomic E-state index is 13.3. The summed E-state index contributed by atoms with van der Waals surface area (Å²) >= 11 is 0. The predicted molar refractivity (Wildman–Crippen MR) is 70.0 cm³/mol. The first-order valence-corrected chi connectivity index (χ1v) is 5.79. The van der Waals surface area contributed by atoms with Crippen molar-refractivity contribution in [2.45, 2.75) is 26.8 Å². The molecule has 0 heterocycles. The molecule has 4 heteroatoms. The van der Waals surface area contributed by atoms with Crippen LogP contribution in [0.5, 0.6) is 0 Å². The Morgan fingerprint density at radius 2 is 2.17 bits per heavy atom. The van der Waals surface area contributed by atoms with Gasteiger partial charge in [0, 0.05) is 5.69 Å². The predicted octanol–water partition coefficient (Wildman–Crippen LogP) is 3.05. The zero-order valence-corrected chi connectivity index (χ0v) is 10.9. The molecular weight excluding hydrogens is 233 g/mol. The van der Waals surface area contributed by atoms with Crippen molar-refractivity contribution in [3.8, 4) is 0 Å². The van der Waals surface area contributed by atoms with E-state index in [1.54, 1.807) is 26.8 Å². The Morgan fingerprint density at radius 1 is 1.50 bits per heavy atom. The number of carbonyl (C=O) groups excluding carboxylic acids is 1. The van der Waals surface area contributed by atoms with Crippen molar-refractivity contribution in [2.75, 3.05) is 11.9 Å². The van der Waals surface area contributed by atoms with Crippen LogP contribution in [0, 0.1) is 12.7 Å². The maximum absolute atomic E-state index is 13.3. The topological polar surface area (TPSA) is 38.3 Å². The van der Waals surface area contributed by atoms with Gasteiger partial charge in [-0.2, -0.15) is 0 Å². The molecule has 0 bridgehead atoms. The average molecular weight is 251 g/mol. The van der Waals surface area contributed by atoms with Crippen molar-refractivity contribution in [1.29, 1.82) is 0 Å². The number of carbonyl (C=O) groups is 1. The van der Waals surface area contributed by atoms with Crippen LogP contribution >= 0.6 is 0 Å². The molecule has 18 heavy (non-hydrogen) atoms. The molecule has 0 fully saturated rings. The summed E-state index contributed by atoms with van der Waals surface area (Å²) in [5.74, 6) is -0.756. The third-order valence-electron chi connectivity index (χ3n) is 2.37. The van der Waals surface area contributed by atoms with Gasteiger partial charge >= 0.3 is 5.97 Å². The van der Waals surface area contributed by atoms with Gasteiger partial charge in [0.2, 0.25) is 0 Å². The number of aryl methyl sites for hydroxylation is 1. The van der Waals surface area contributed by atoms with E-state index in [9.17, 15) is 9.18 Å².